The summed E-state index contributed by atoms with van der Waals surface area (Å²) in [6.45, 7) is 23.4. The van der Waals surface area contributed by atoms with Crippen molar-refractivity contribution in [2.24, 2.45) is 35.3 Å². The molecule has 88 heavy (non-hydrogen) atoms. The molecule has 2 aromatic carbocycles. The molecule has 0 unspecified atom stereocenters. The number of primary amides is 1. The number of carbonyl (C=O) groups is 9. The number of benzene rings is 2. The van der Waals surface area contributed by atoms with Gasteiger partial charge in [-0.05, 0) is 113 Å². The summed E-state index contributed by atoms with van der Waals surface area (Å²) < 4.78 is 22.5. The molecule has 494 valence electrons. The number of nitrogens with two attached hydrogens (primary N) is 1. The number of urea groups is 1. The molecule has 23 nitrogen and oxygen atoms in total. The SMILES string of the molecule is CC[C@H](C)[C@@H]([C@@H](CC(=O)N1CCC[C@H]1[C@H](OC)[C@@H](C)C(=O)N[C@@H](Cc1ccccc1)C(=O)OC)OC)N(C)C(=O)[C@@H](NC(=O)[C@H](C(C)C)N(C)CCc1ccc(NC(=O)[C@H](CCCNC(N)=O)NC(=O)[C@H](CC(C)C)NC(=O)OC(C)(C)C)cc1)C(C)C. The summed E-state index contributed by atoms with van der Waals surface area (Å²) in [5.41, 5.74) is 6.68. The van der Waals surface area contributed by atoms with Crippen LogP contribution in [-0.4, -0.2) is 183 Å². The second-order valence-electron chi connectivity index (χ2n) is 25.5. The number of rotatable bonds is 35. The fourth-order valence-electron chi connectivity index (χ4n) is 11.4. The number of carbonyl (C=O) groups excluding carboxylic acids is 9. The van der Waals surface area contributed by atoms with Crippen molar-refractivity contribution in [3.05, 3.63) is 65.7 Å². The van der Waals surface area contributed by atoms with E-state index in [1.165, 1.54) is 21.3 Å². The number of methoxy groups -OCH3 is 3. The van der Waals surface area contributed by atoms with Gasteiger partial charge in [-0.3, -0.25) is 33.7 Å². The summed E-state index contributed by atoms with van der Waals surface area (Å²) in [5.74, 6) is -4.27. The minimum absolute atomic E-state index is 0.0123. The smallest absolute Gasteiger partial charge is 0.408 e. The van der Waals surface area contributed by atoms with Crippen molar-refractivity contribution in [3.63, 3.8) is 0 Å². The maximum atomic E-state index is 14.9. The highest BCUT2D eigenvalue weighted by Gasteiger charge is 2.44. The fourth-order valence-corrected chi connectivity index (χ4v) is 11.4. The van der Waals surface area contributed by atoms with E-state index in [1.54, 1.807) is 56.7 Å². The van der Waals surface area contributed by atoms with Crippen LogP contribution in [-0.2, 0) is 65.4 Å². The molecule has 23 heteroatoms. The molecule has 1 heterocycles. The van der Waals surface area contributed by atoms with Crippen molar-refractivity contribution in [1.82, 2.24) is 41.3 Å². The van der Waals surface area contributed by atoms with E-state index in [0.29, 0.717) is 50.9 Å². The Kier molecular flexibility index (Phi) is 31.3. The number of anilines is 1. The molecule has 0 aromatic heterocycles. The molecule has 1 aliphatic rings. The summed E-state index contributed by atoms with van der Waals surface area (Å²) >= 11 is 0. The van der Waals surface area contributed by atoms with Crippen LogP contribution < -0.4 is 37.6 Å². The molecule has 3 rings (SSSR count). The second-order valence-corrected chi connectivity index (χ2v) is 25.5. The minimum Gasteiger partial charge on any atom is -0.467 e. The predicted molar refractivity (Wildman–Crippen MR) is 338 cm³/mol. The highest BCUT2D eigenvalue weighted by atomic mass is 16.6. The molecule has 0 spiro atoms. The van der Waals surface area contributed by atoms with E-state index in [9.17, 15) is 43.2 Å². The average Bonchev–Trinajstić information content (AvgIpc) is 2.41. The molecule has 8 N–H and O–H groups in total. The number of hydrogen-bond acceptors (Lipinski definition) is 14. The summed E-state index contributed by atoms with van der Waals surface area (Å²) in [7, 11) is 7.87. The maximum Gasteiger partial charge on any atom is 0.408 e. The van der Waals surface area contributed by atoms with Crippen LogP contribution in [0.15, 0.2) is 54.6 Å². The number of amides is 9. The molecule has 0 saturated carbocycles. The molecule has 11 atom stereocenters. The van der Waals surface area contributed by atoms with Crippen LogP contribution in [0.25, 0.3) is 0 Å². The van der Waals surface area contributed by atoms with Crippen LogP contribution in [0, 0.1) is 29.6 Å². The first-order valence-electron chi connectivity index (χ1n) is 31.1. The average molecular weight is 1240 g/mol. The molecule has 0 radical (unpaired) electrons. The molecular weight excluding hydrogens is 1130 g/mol. The Morgan fingerprint density at radius 3 is 1.92 bits per heavy atom. The van der Waals surface area contributed by atoms with Crippen molar-refractivity contribution in [2.75, 3.05) is 60.4 Å². The number of nitrogens with one attached hydrogen (secondary N) is 6. The lowest BCUT2D eigenvalue weighted by atomic mass is 9.89. The van der Waals surface area contributed by atoms with E-state index in [0.717, 1.165) is 11.1 Å². The Morgan fingerprint density at radius 1 is 0.739 bits per heavy atom. The standard InChI is InChI=1S/C65H106N10O13/c1-18-42(8)55(51(85-15)38-52(76)75-34-23-27-50(75)56(86-16)43(9)57(77)70-49(62(82)87-17)37-45-24-20-19-21-25-45)74(14)61(81)53(40(4)5)72-60(80)54(41(6)7)73(13)35-32-44-28-30-46(31-29-44)68-58(78)47(26-22-33-67-63(66)83)69-59(79)48(36-39(2)3)71-64(84)88-65(10,11)12/h19-21,24-25,28-31,39-43,47-51,53-56H,18,22-23,26-27,32-38H2,1-17H3,(H,68,78)(H,69,79)(H,70,77)(H,71,84)(H,72,80)(H3,66,67,83)/t42-,43+,47-,48-,49-,50-,51+,53-,54-,55-,56+/m0/s1. The molecule has 9 amide bonds. The third-order valence-electron chi connectivity index (χ3n) is 16.2. The van der Waals surface area contributed by atoms with Crippen LogP contribution in [0.4, 0.5) is 15.3 Å². The van der Waals surface area contributed by atoms with Gasteiger partial charge in [0.15, 0.2) is 0 Å². The van der Waals surface area contributed by atoms with Gasteiger partial charge in [-0.2, -0.15) is 0 Å². The molecule has 2 aromatic rings. The molecule has 0 aliphatic carbocycles. The first kappa shape index (κ1) is 75.4. The van der Waals surface area contributed by atoms with Crippen LogP contribution in [0.1, 0.15) is 139 Å². The van der Waals surface area contributed by atoms with Gasteiger partial charge in [0.25, 0.3) is 0 Å². The number of likely N-dealkylation sites (N-methyl/N-ethyl adjacent to an activating group) is 2. The summed E-state index contributed by atoms with van der Waals surface area (Å²) in [5, 5.41) is 16.8. The van der Waals surface area contributed by atoms with E-state index >= 15 is 0 Å². The number of hydrogen-bond donors (Lipinski definition) is 7. The van der Waals surface area contributed by atoms with Crippen molar-refractivity contribution in [1.29, 1.82) is 0 Å². The van der Waals surface area contributed by atoms with Gasteiger partial charge >= 0.3 is 18.1 Å². The number of likely N-dealkylation sites (tertiary alicyclic amines) is 1. The maximum absolute atomic E-state index is 14.9. The summed E-state index contributed by atoms with van der Waals surface area (Å²) in [6, 6.07) is 10.3. The number of esters is 1. The third-order valence-corrected chi connectivity index (χ3v) is 16.2. The fraction of sp³-hybridized carbons (Fsp3) is 0.677. The second kappa shape index (κ2) is 36.6. The lowest BCUT2D eigenvalue weighted by Gasteiger charge is -2.41. The van der Waals surface area contributed by atoms with E-state index in [2.05, 4.69) is 31.9 Å². The van der Waals surface area contributed by atoms with E-state index in [-0.39, 0.29) is 73.6 Å². The molecule has 0 bridgehead atoms. The van der Waals surface area contributed by atoms with Gasteiger partial charge < -0.3 is 66.4 Å². The van der Waals surface area contributed by atoms with Gasteiger partial charge in [-0.1, -0.05) is 111 Å². The van der Waals surface area contributed by atoms with Crippen LogP contribution in [0.3, 0.4) is 0 Å². The third kappa shape index (κ3) is 23.9. The monoisotopic (exact) mass is 1230 g/mol. The molecule has 1 saturated heterocycles. The van der Waals surface area contributed by atoms with Gasteiger partial charge in [0.05, 0.1) is 49.8 Å². The Labute approximate surface area is 523 Å². The van der Waals surface area contributed by atoms with Crippen molar-refractivity contribution in [3.8, 4) is 0 Å². The van der Waals surface area contributed by atoms with Crippen molar-refractivity contribution >= 4 is 59.2 Å². The van der Waals surface area contributed by atoms with Gasteiger partial charge in [0.1, 0.15) is 29.8 Å². The Morgan fingerprint density at radius 2 is 1.38 bits per heavy atom. The van der Waals surface area contributed by atoms with E-state index in [4.69, 9.17) is 24.7 Å². The highest BCUT2D eigenvalue weighted by molar-refractivity contribution is 5.98. The summed E-state index contributed by atoms with van der Waals surface area (Å²) in [4.78, 5) is 127. The zero-order valence-corrected chi connectivity index (χ0v) is 55.5. The van der Waals surface area contributed by atoms with Crippen LogP contribution in [0.5, 0.6) is 0 Å². The normalized spacial score (nSPS) is 16.9. The number of alkyl carbamates (subject to hydrolysis) is 1. The first-order chi connectivity index (χ1) is 41.4. The quantitative estimate of drug-likeness (QED) is 0.0310. The van der Waals surface area contributed by atoms with Crippen LogP contribution in [0.2, 0.25) is 0 Å². The predicted octanol–water partition coefficient (Wildman–Crippen LogP) is 5.96. The molecule has 1 fully saturated rings. The topological polar surface area (TPSA) is 298 Å². The van der Waals surface area contributed by atoms with Gasteiger partial charge in [-0.15, -0.1) is 0 Å². The van der Waals surface area contributed by atoms with E-state index < -0.39 is 102 Å². The number of ether oxygens (including phenoxy) is 4. The van der Waals surface area contributed by atoms with Crippen LogP contribution >= 0.6 is 0 Å². The zero-order valence-electron chi connectivity index (χ0n) is 55.5. The van der Waals surface area contributed by atoms with Gasteiger partial charge in [0, 0.05) is 53.0 Å². The molecular formula is C65H106N10O13. The lowest BCUT2D eigenvalue weighted by Crippen LogP contribution is -2.60. The van der Waals surface area contributed by atoms with Gasteiger partial charge in [-0.25, -0.2) is 14.4 Å². The highest BCUT2D eigenvalue weighted by Crippen LogP contribution is 2.30. The first-order valence-corrected chi connectivity index (χ1v) is 31.1. The minimum atomic E-state index is -1.04. The largest absolute Gasteiger partial charge is 0.467 e. The Balaban J connectivity index is 1.74. The number of nitrogens with zero attached hydrogens (tertiary/aromatic N) is 3. The Bertz CT molecular complexity index is 2560. The van der Waals surface area contributed by atoms with Crippen molar-refractivity contribution in [2.45, 2.75) is 201 Å². The van der Waals surface area contributed by atoms with Crippen molar-refractivity contribution < 1.29 is 62.1 Å². The zero-order chi connectivity index (χ0) is 66.2. The Hall–Kier alpha value is -6.85. The van der Waals surface area contributed by atoms with Gasteiger partial charge in [0.2, 0.25) is 35.4 Å². The molecule has 1 aliphatic heterocycles. The van der Waals surface area contributed by atoms with E-state index in [1.807, 2.05) is 110 Å². The summed E-state index contributed by atoms with van der Waals surface area (Å²) in [6.07, 6.45) is 1.15. The lowest BCUT2D eigenvalue weighted by molar-refractivity contribution is -0.149.